The summed E-state index contributed by atoms with van der Waals surface area (Å²) in [5.41, 5.74) is 8.58. The summed E-state index contributed by atoms with van der Waals surface area (Å²) in [4.78, 5) is 0. The van der Waals surface area contributed by atoms with E-state index < -0.39 is 0 Å². The molecule has 4 heteroatoms. The van der Waals surface area contributed by atoms with E-state index in [1.165, 1.54) is 0 Å². The van der Waals surface area contributed by atoms with Crippen LogP contribution in [0.5, 0.6) is 0 Å². The summed E-state index contributed by atoms with van der Waals surface area (Å²) >= 11 is 0. The lowest BCUT2D eigenvalue weighted by atomic mass is 10.1. The average molecular weight is 224 g/mol. The number of benzene rings is 1. The van der Waals surface area contributed by atoms with E-state index in [0.29, 0.717) is 6.54 Å². The zero-order valence-corrected chi connectivity index (χ0v) is 9.24. The summed E-state index contributed by atoms with van der Waals surface area (Å²) in [6, 6.07) is 13.9. The largest absolute Gasteiger partial charge is 0.326 e. The third-order valence-corrected chi connectivity index (χ3v) is 2.76. The molecule has 0 saturated carbocycles. The van der Waals surface area contributed by atoms with E-state index in [0.717, 1.165) is 22.6 Å². The molecule has 0 radical (unpaired) electrons. The lowest BCUT2D eigenvalue weighted by molar-refractivity contribution is 1.07. The predicted octanol–water partition coefficient (Wildman–Crippen LogP) is 1.85. The van der Waals surface area contributed by atoms with Crippen LogP contribution >= 0.6 is 0 Å². The van der Waals surface area contributed by atoms with Crippen LogP contribution in [0.25, 0.3) is 17.0 Å². The van der Waals surface area contributed by atoms with Gasteiger partial charge in [-0.25, -0.2) is 0 Å². The minimum atomic E-state index is 0.556. The van der Waals surface area contributed by atoms with E-state index in [1.54, 1.807) is 0 Å². The predicted molar refractivity (Wildman–Crippen MR) is 66.3 cm³/mol. The molecule has 0 spiro atoms. The van der Waals surface area contributed by atoms with Gasteiger partial charge in [-0.05, 0) is 17.7 Å². The molecular formula is C13H12N4. The molecule has 2 heterocycles. The molecule has 0 saturated heterocycles. The summed E-state index contributed by atoms with van der Waals surface area (Å²) < 4.78 is 1.97. The van der Waals surface area contributed by atoms with E-state index >= 15 is 0 Å². The van der Waals surface area contributed by atoms with Crippen LogP contribution in [0, 0.1) is 0 Å². The Morgan fingerprint density at radius 3 is 2.59 bits per heavy atom. The first kappa shape index (κ1) is 9.99. The maximum absolute atomic E-state index is 5.58. The fraction of sp³-hybridized carbons (Fsp3) is 0.0769. The minimum Gasteiger partial charge on any atom is -0.326 e. The third-order valence-electron chi connectivity index (χ3n) is 2.76. The number of nitrogens with zero attached hydrogens (tertiary/aromatic N) is 3. The fourth-order valence-electron chi connectivity index (χ4n) is 1.83. The van der Waals surface area contributed by atoms with Gasteiger partial charge in [0.1, 0.15) is 0 Å². The van der Waals surface area contributed by atoms with Gasteiger partial charge >= 0.3 is 0 Å². The van der Waals surface area contributed by atoms with Crippen LogP contribution in [0.4, 0.5) is 0 Å². The van der Waals surface area contributed by atoms with Gasteiger partial charge in [-0.15, -0.1) is 10.2 Å². The molecule has 0 fully saturated rings. The molecule has 17 heavy (non-hydrogen) atoms. The lowest BCUT2D eigenvalue weighted by Gasteiger charge is -2.01. The highest BCUT2D eigenvalue weighted by molar-refractivity contribution is 5.59. The van der Waals surface area contributed by atoms with Crippen LogP contribution in [-0.4, -0.2) is 14.6 Å². The average Bonchev–Trinajstić information content (AvgIpc) is 2.83. The first-order valence-corrected chi connectivity index (χ1v) is 5.47. The molecule has 0 aliphatic heterocycles. The molecule has 84 valence electrons. The second-order valence-corrected chi connectivity index (χ2v) is 3.85. The molecule has 0 unspecified atom stereocenters. The molecule has 0 bridgehead atoms. The molecule has 4 nitrogen and oxygen atoms in total. The first-order chi connectivity index (χ1) is 8.38. The molecule has 3 rings (SSSR count). The summed E-state index contributed by atoms with van der Waals surface area (Å²) in [5, 5.41) is 8.33. The topological polar surface area (TPSA) is 56.2 Å². The zero-order valence-electron chi connectivity index (χ0n) is 9.24. The van der Waals surface area contributed by atoms with Crippen molar-refractivity contribution >= 4 is 5.65 Å². The number of aromatic nitrogens is 3. The van der Waals surface area contributed by atoms with Crippen molar-refractivity contribution in [1.29, 1.82) is 0 Å². The molecule has 0 amide bonds. The summed E-state index contributed by atoms with van der Waals surface area (Å²) in [5.74, 6) is 0.851. The molecule has 0 aliphatic rings. The molecule has 3 aromatic rings. The Hall–Kier alpha value is -2.20. The third kappa shape index (κ3) is 1.68. The van der Waals surface area contributed by atoms with Crippen molar-refractivity contribution in [3.8, 4) is 11.4 Å². The van der Waals surface area contributed by atoms with Crippen LogP contribution < -0.4 is 5.73 Å². The van der Waals surface area contributed by atoms with Gasteiger partial charge in [0.15, 0.2) is 11.5 Å². The van der Waals surface area contributed by atoms with Gasteiger partial charge in [0, 0.05) is 18.3 Å². The smallest absolute Gasteiger partial charge is 0.168 e. The first-order valence-electron chi connectivity index (χ1n) is 5.47. The highest BCUT2D eigenvalue weighted by Crippen LogP contribution is 2.18. The van der Waals surface area contributed by atoms with Crippen LogP contribution in [0.15, 0.2) is 48.7 Å². The van der Waals surface area contributed by atoms with Crippen molar-refractivity contribution < 1.29 is 0 Å². The Kier molecular flexibility index (Phi) is 2.34. The van der Waals surface area contributed by atoms with E-state index in [4.69, 9.17) is 5.73 Å². The molecule has 2 N–H and O–H groups in total. The summed E-state index contributed by atoms with van der Waals surface area (Å²) in [6.45, 7) is 0.556. The zero-order chi connectivity index (χ0) is 11.7. The number of pyridine rings is 1. The summed E-state index contributed by atoms with van der Waals surface area (Å²) in [6.07, 6.45) is 1.96. The summed E-state index contributed by atoms with van der Waals surface area (Å²) in [7, 11) is 0. The van der Waals surface area contributed by atoms with Crippen LogP contribution in [-0.2, 0) is 6.54 Å². The van der Waals surface area contributed by atoms with Gasteiger partial charge in [0.05, 0.1) is 0 Å². The van der Waals surface area contributed by atoms with Crippen LogP contribution in [0.2, 0.25) is 0 Å². The quantitative estimate of drug-likeness (QED) is 0.722. The normalized spacial score (nSPS) is 10.9. The van der Waals surface area contributed by atoms with Gasteiger partial charge in [-0.3, -0.25) is 4.40 Å². The van der Waals surface area contributed by atoms with E-state index in [2.05, 4.69) is 10.2 Å². The van der Waals surface area contributed by atoms with Crippen molar-refractivity contribution in [3.05, 3.63) is 54.2 Å². The second-order valence-electron chi connectivity index (χ2n) is 3.85. The maximum Gasteiger partial charge on any atom is 0.168 e. The minimum absolute atomic E-state index is 0.556. The molecular weight excluding hydrogens is 212 g/mol. The van der Waals surface area contributed by atoms with E-state index in [1.807, 2.05) is 53.1 Å². The van der Waals surface area contributed by atoms with Crippen LogP contribution in [0.1, 0.15) is 5.56 Å². The fourth-order valence-corrected chi connectivity index (χ4v) is 1.83. The molecule has 0 aliphatic carbocycles. The Morgan fingerprint density at radius 1 is 1.00 bits per heavy atom. The van der Waals surface area contributed by atoms with Crippen molar-refractivity contribution in [1.82, 2.24) is 14.6 Å². The van der Waals surface area contributed by atoms with Crippen LogP contribution in [0.3, 0.4) is 0 Å². The van der Waals surface area contributed by atoms with Crippen molar-refractivity contribution in [2.75, 3.05) is 0 Å². The lowest BCUT2D eigenvalue weighted by Crippen LogP contribution is -1.96. The van der Waals surface area contributed by atoms with Crippen molar-refractivity contribution in [2.45, 2.75) is 6.54 Å². The van der Waals surface area contributed by atoms with Gasteiger partial charge < -0.3 is 5.73 Å². The highest BCUT2D eigenvalue weighted by atomic mass is 15.2. The standard InChI is InChI=1S/C13H12N4/c14-9-10-4-6-11(7-5-10)13-16-15-12-3-1-2-8-17(12)13/h1-8H,9,14H2. The second kappa shape index (κ2) is 3.99. The van der Waals surface area contributed by atoms with Crippen molar-refractivity contribution in [2.24, 2.45) is 5.73 Å². The molecule has 2 aromatic heterocycles. The molecule has 0 atom stereocenters. The number of fused-ring (bicyclic) bond motifs is 1. The van der Waals surface area contributed by atoms with E-state index in [-0.39, 0.29) is 0 Å². The molecule has 1 aromatic carbocycles. The Labute approximate surface area is 98.7 Å². The van der Waals surface area contributed by atoms with Gasteiger partial charge in [0.2, 0.25) is 0 Å². The number of rotatable bonds is 2. The highest BCUT2D eigenvalue weighted by Gasteiger charge is 2.06. The monoisotopic (exact) mass is 224 g/mol. The Bertz CT molecular complexity index is 640. The Morgan fingerprint density at radius 2 is 1.82 bits per heavy atom. The van der Waals surface area contributed by atoms with Crippen molar-refractivity contribution in [3.63, 3.8) is 0 Å². The number of hydrogen-bond donors (Lipinski definition) is 1. The van der Waals surface area contributed by atoms with Gasteiger partial charge in [0.25, 0.3) is 0 Å². The number of nitrogens with two attached hydrogens (primary N) is 1. The van der Waals surface area contributed by atoms with Gasteiger partial charge in [-0.1, -0.05) is 30.3 Å². The SMILES string of the molecule is NCc1ccc(-c2nnc3ccccn23)cc1. The van der Waals surface area contributed by atoms with Gasteiger partial charge in [-0.2, -0.15) is 0 Å². The Balaban J connectivity index is 2.13. The van der Waals surface area contributed by atoms with E-state index in [9.17, 15) is 0 Å². The number of hydrogen-bond acceptors (Lipinski definition) is 3. The maximum atomic E-state index is 5.58.